The Bertz CT molecular complexity index is 902. The van der Waals surface area contributed by atoms with Gasteiger partial charge in [-0.05, 0) is 44.4 Å². The minimum absolute atomic E-state index is 0.281. The molecule has 0 bridgehead atoms. The first-order valence-electron chi connectivity index (χ1n) is 11.8. The fourth-order valence-corrected chi connectivity index (χ4v) is 4.79. The largest absolute Gasteiger partial charge is 0.462 e. The number of hydrogen-bond acceptors (Lipinski definition) is 6. The second-order valence-electron chi connectivity index (χ2n) is 8.71. The lowest BCUT2D eigenvalue weighted by molar-refractivity contribution is 0.0525. The van der Waals surface area contributed by atoms with E-state index in [0.717, 1.165) is 66.9 Å². The number of esters is 1. The van der Waals surface area contributed by atoms with Gasteiger partial charge in [-0.25, -0.2) is 9.78 Å². The molecule has 0 unspecified atom stereocenters. The molecule has 1 N–H and O–H groups in total. The summed E-state index contributed by atoms with van der Waals surface area (Å²) in [5.74, 6) is 1.33. The number of nitrogens with one attached hydrogen (secondary N) is 1. The second kappa shape index (κ2) is 10.2. The van der Waals surface area contributed by atoms with Gasteiger partial charge in [0.15, 0.2) is 0 Å². The first kappa shape index (κ1) is 21.8. The quantitative estimate of drug-likeness (QED) is 0.705. The molecule has 0 amide bonds. The topological polar surface area (TPSA) is 67.3 Å². The van der Waals surface area contributed by atoms with Crippen LogP contribution < -0.4 is 10.2 Å². The minimum atomic E-state index is -0.281. The van der Waals surface area contributed by atoms with Crippen molar-refractivity contribution in [3.8, 4) is 11.3 Å². The van der Waals surface area contributed by atoms with Gasteiger partial charge in [0.2, 0.25) is 0 Å². The van der Waals surface area contributed by atoms with Crippen LogP contribution in [0.25, 0.3) is 11.3 Å². The van der Waals surface area contributed by atoms with Gasteiger partial charge in [0.05, 0.1) is 17.9 Å². The highest BCUT2D eigenvalue weighted by Crippen LogP contribution is 2.30. The van der Waals surface area contributed by atoms with E-state index in [1.165, 1.54) is 32.1 Å². The standard InChI is InChI=1S/C25H34N4O2/c1-3-31-25(30)22-17-23(28-24(18(22)2)29-13-11-26-12-14-29)20-9-10-27-21(16-20)15-19-7-5-4-6-8-19/h9-10,16-17,19,26H,3-8,11-15H2,1-2H3. The van der Waals surface area contributed by atoms with E-state index in [1.807, 2.05) is 32.2 Å². The van der Waals surface area contributed by atoms with Gasteiger partial charge in [0.1, 0.15) is 5.82 Å². The molecule has 1 saturated carbocycles. The number of hydrogen-bond donors (Lipinski definition) is 1. The van der Waals surface area contributed by atoms with Crippen molar-refractivity contribution in [2.24, 2.45) is 5.92 Å². The van der Waals surface area contributed by atoms with E-state index in [0.29, 0.717) is 12.2 Å². The fraction of sp³-hybridized carbons (Fsp3) is 0.560. The molecule has 6 nitrogen and oxygen atoms in total. The third kappa shape index (κ3) is 5.24. The van der Waals surface area contributed by atoms with Crippen molar-refractivity contribution in [3.63, 3.8) is 0 Å². The highest BCUT2D eigenvalue weighted by molar-refractivity contribution is 5.94. The van der Waals surface area contributed by atoms with E-state index >= 15 is 0 Å². The van der Waals surface area contributed by atoms with E-state index in [2.05, 4.69) is 21.3 Å². The maximum absolute atomic E-state index is 12.7. The summed E-state index contributed by atoms with van der Waals surface area (Å²) in [6.07, 6.45) is 9.53. The Hall–Kier alpha value is -2.47. The van der Waals surface area contributed by atoms with Crippen LogP contribution in [0.5, 0.6) is 0 Å². The van der Waals surface area contributed by atoms with Crippen LogP contribution in [0.3, 0.4) is 0 Å². The summed E-state index contributed by atoms with van der Waals surface area (Å²) in [5, 5.41) is 3.38. The highest BCUT2D eigenvalue weighted by Gasteiger charge is 2.22. The molecule has 1 aliphatic carbocycles. The van der Waals surface area contributed by atoms with E-state index in [-0.39, 0.29) is 5.97 Å². The molecule has 4 rings (SSSR count). The zero-order valence-corrected chi connectivity index (χ0v) is 18.8. The van der Waals surface area contributed by atoms with Crippen molar-refractivity contribution in [3.05, 3.63) is 41.2 Å². The average Bonchev–Trinajstić information content (AvgIpc) is 2.81. The summed E-state index contributed by atoms with van der Waals surface area (Å²) in [6, 6.07) is 6.04. The molecule has 31 heavy (non-hydrogen) atoms. The lowest BCUT2D eigenvalue weighted by Gasteiger charge is -2.30. The zero-order chi connectivity index (χ0) is 21.6. The molecule has 2 aromatic rings. The molecule has 1 aliphatic heterocycles. The Morgan fingerprint density at radius 2 is 1.97 bits per heavy atom. The van der Waals surface area contributed by atoms with Crippen molar-refractivity contribution in [2.75, 3.05) is 37.7 Å². The summed E-state index contributed by atoms with van der Waals surface area (Å²) in [7, 11) is 0. The molecular formula is C25H34N4O2. The minimum Gasteiger partial charge on any atom is -0.462 e. The van der Waals surface area contributed by atoms with Gasteiger partial charge in [-0.15, -0.1) is 0 Å². The molecule has 6 heteroatoms. The number of carbonyl (C=O) groups is 1. The molecular weight excluding hydrogens is 388 g/mol. The van der Waals surface area contributed by atoms with Crippen LogP contribution in [0, 0.1) is 12.8 Å². The molecule has 2 aliphatic rings. The number of rotatable bonds is 6. The van der Waals surface area contributed by atoms with Crippen LogP contribution in [-0.4, -0.2) is 48.7 Å². The SMILES string of the molecule is CCOC(=O)c1cc(-c2ccnc(CC3CCCCC3)c2)nc(N2CCNCC2)c1C. The van der Waals surface area contributed by atoms with Gasteiger partial charge in [-0.1, -0.05) is 32.1 Å². The molecule has 3 heterocycles. The van der Waals surface area contributed by atoms with Gasteiger partial charge in [-0.3, -0.25) is 4.98 Å². The molecule has 1 saturated heterocycles. The lowest BCUT2D eigenvalue weighted by atomic mass is 9.86. The average molecular weight is 423 g/mol. The number of piperazine rings is 1. The fourth-order valence-electron chi connectivity index (χ4n) is 4.79. The van der Waals surface area contributed by atoms with Crippen molar-refractivity contribution < 1.29 is 9.53 Å². The number of anilines is 1. The molecule has 166 valence electrons. The number of nitrogens with zero attached hydrogens (tertiary/aromatic N) is 3. The summed E-state index contributed by atoms with van der Waals surface area (Å²) < 4.78 is 5.36. The molecule has 0 atom stereocenters. The number of carbonyl (C=O) groups excluding carboxylic acids is 1. The Kier molecular flexibility index (Phi) is 7.17. The van der Waals surface area contributed by atoms with Gasteiger partial charge < -0.3 is 15.0 Å². The maximum atomic E-state index is 12.7. The monoisotopic (exact) mass is 422 g/mol. The smallest absolute Gasteiger partial charge is 0.338 e. The van der Waals surface area contributed by atoms with Crippen LogP contribution in [-0.2, 0) is 11.2 Å². The van der Waals surface area contributed by atoms with Crippen molar-refractivity contribution >= 4 is 11.8 Å². The molecule has 2 aromatic heterocycles. The van der Waals surface area contributed by atoms with Gasteiger partial charge in [0.25, 0.3) is 0 Å². The zero-order valence-electron chi connectivity index (χ0n) is 18.8. The normalized spacial score (nSPS) is 17.5. The Morgan fingerprint density at radius 3 is 2.71 bits per heavy atom. The Balaban J connectivity index is 1.68. The molecule has 0 radical (unpaired) electrons. The molecule has 0 aromatic carbocycles. The van der Waals surface area contributed by atoms with Crippen LogP contribution in [0.4, 0.5) is 5.82 Å². The van der Waals surface area contributed by atoms with Gasteiger partial charge in [-0.2, -0.15) is 0 Å². The Labute approximate surface area is 185 Å². The van der Waals surface area contributed by atoms with Crippen LogP contribution in [0.15, 0.2) is 24.4 Å². The third-order valence-corrected chi connectivity index (χ3v) is 6.49. The van der Waals surface area contributed by atoms with Crippen molar-refractivity contribution in [1.29, 1.82) is 0 Å². The van der Waals surface area contributed by atoms with Crippen LogP contribution >= 0.6 is 0 Å². The van der Waals surface area contributed by atoms with Gasteiger partial charge >= 0.3 is 5.97 Å². The second-order valence-corrected chi connectivity index (χ2v) is 8.71. The summed E-state index contributed by atoms with van der Waals surface area (Å²) in [4.78, 5) is 24.6. The summed E-state index contributed by atoms with van der Waals surface area (Å²) in [6.45, 7) is 7.77. The maximum Gasteiger partial charge on any atom is 0.338 e. The molecule has 2 fully saturated rings. The highest BCUT2D eigenvalue weighted by atomic mass is 16.5. The number of aromatic nitrogens is 2. The van der Waals surface area contributed by atoms with Crippen molar-refractivity contribution in [1.82, 2.24) is 15.3 Å². The summed E-state index contributed by atoms with van der Waals surface area (Å²) in [5.41, 5.74) is 4.44. The lowest BCUT2D eigenvalue weighted by Crippen LogP contribution is -2.44. The first-order chi connectivity index (χ1) is 15.2. The predicted octanol–water partition coefficient (Wildman–Crippen LogP) is 4.16. The van der Waals surface area contributed by atoms with E-state index in [9.17, 15) is 4.79 Å². The first-order valence-corrected chi connectivity index (χ1v) is 11.8. The Morgan fingerprint density at radius 1 is 1.19 bits per heavy atom. The van der Waals surface area contributed by atoms with Crippen molar-refractivity contribution in [2.45, 2.75) is 52.4 Å². The molecule has 0 spiro atoms. The van der Waals surface area contributed by atoms with Gasteiger partial charge in [0, 0.05) is 49.2 Å². The van der Waals surface area contributed by atoms with E-state index in [1.54, 1.807) is 0 Å². The van der Waals surface area contributed by atoms with Crippen LogP contribution in [0.1, 0.15) is 60.6 Å². The van der Waals surface area contributed by atoms with E-state index in [4.69, 9.17) is 9.72 Å². The predicted molar refractivity (Wildman–Crippen MR) is 124 cm³/mol. The number of ether oxygens (including phenoxy) is 1. The van der Waals surface area contributed by atoms with Crippen LogP contribution in [0.2, 0.25) is 0 Å². The third-order valence-electron chi connectivity index (χ3n) is 6.49. The number of pyridine rings is 2. The summed E-state index contributed by atoms with van der Waals surface area (Å²) >= 11 is 0. The van der Waals surface area contributed by atoms with E-state index < -0.39 is 0 Å².